The molecule has 1 aliphatic rings. The van der Waals surface area contributed by atoms with Crippen LogP contribution in [0.3, 0.4) is 0 Å². The second kappa shape index (κ2) is 10.7. The molecule has 6 nitrogen and oxygen atoms in total. The summed E-state index contributed by atoms with van der Waals surface area (Å²) in [7, 11) is 0. The van der Waals surface area contributed by atoms with E-state index < -0.39 is 0 Å². The largest absolute Gasteiger partial charge is 0.348 e. The number of hydrogen-bond acceptors (Lipinski definition) is 4. The maximum Gasteiger partial charge on any atom is 0.293 e. The van der Waals surface area contributed by atoms with E-state index in [1.807, 2.05) is 78.4 Å². The number of fused-ring (bicyclic) bond motifs is 1. The van der Waals surface area contributed by atoms with Gasteiger partial charge in [0.1, 0.15) is 6.54 Å². The molecule has 1 N–H and O–H groups in total. The fourth-order valence-electron chi connectivity index (χ4n) is 4.36. The highest BCUT2D eigenvalue weighted by atomic mass is 35.5. The number of imide groups is 1. The van der Waals surface area contributed by atoms with Crippen molar-refractivity contribution in [2.45, 2.75) is 26.1 Å². The SMILES string of the molecule is CC(NC(=O)Cn1cc(/C=C2\SC(=O)N(Cc3ccccc3Cl)C2=O)c2ccccc21)c1ccccc1. The van der Waals surface area contributed by atoms with E-state index in [9.17, 15) is 14.4 Å². The summed E-state index contributed by atoms with van der Waals surface area (Å²) in [6.07, 6.45) is 3.57. The van der Waals surface area contributed by atoms with Crippen molar-refractivity contribution >= 4 is 57.4 Å². The highest BCUT2D eigenvalue weighted by Crippen LogP contribution is 2.35. The Morgan fingerprint density at radius 3 is 2.49 bits per heavy atom. The summed E-state index contributed by atoms with van der Waals surface area (Å²) in [6, 6.07) is 24.5. The van der Waals surface area contributed by atoms with Gasteiger partial charge in [0, 0.05) is 27.7 Å². The maximum atomic E-state index is 13.1. The van der Waals surface area contributed by atoms with Gasteiger partial charge in [-0.15, -0.1) is 0 Å². The van der Waals surface area contributed by atoms with Crippen molar-refractivity contribution in [1.29, 1.82) is 0 Å². The molecule has 0 saturated carbocycles. The molecule has 0 bridgehead atoms. The third-order valence-electron chi connectivity index (χ3n) is 6.26. The minimum absolute atomic E-state index is 0.114. The Morgan fingerprint density at radius 1 is 1.00 bits per heavy atom. The summed E-state index contributed by atoms with van der Waals surface area (Å²) >= 11 is 7.14. The van der Waals surface area contributed by atoms with Gasteiger partial charge >= 0.3 is 0 Å². The Labute approximate surface area is 223 Å². The molecule has 8 heteroatoms. The minimum atomic E-state index is -0.360. The molecule has 0 aliphatic carbocycles. The third kappa shape index (κ3) is 5.33. The van der Waals surface area contributed by atoms with Crippen LogP contribution >= 0.6 is 23.4 Å². The van der Waals surface area contributed by atoms with Crippen molar-refractivity contribution in [2.75, 3.05) is 0 Å². The number of para-hydroxylation sites is 1. The van der Waals surface area contributed by atoms with E-state index in [4.69, 9.17) is 11.6 Å². The predicted octanol–water partition coefficient (Wildman–Crippen LogP) is 6.41. The zero-order valence-electron chi connectivity index (χ0n) is 20.1. The van der Waals surface area contributed by atoms with Crippen LogP contribution in [0.4, 0.5) is 4.79 Å². The number of nitrogens with zero attached hydrogens (tertiary/aromatic N) is 2. The van der Waals surface area contributed by atoms with Gasteiger partial charge in [-0.05, 0) is 48.0 Å². The summed E-state index contributed by atoms with van der Waals surface area (Å²) in [5.41, 5.74) is 3.37. The number of amides is 3. The lowest BCUT2D eigenvalue weighted by Crippen LogP contribution is -2.29. The molecule has 4 aromatic rings. The fraction of sp³-hybridized carbons (Fsp3) is 0.138. The van der Waals surface area contributed by atoms with Crippen molar-refractivity contribution in [3.8, 4) is 0 Å². The third-order valence-corrected chi connectivity index (χ3v) is 7.53. The number of rotatable bonds is 7. The lowest BCUT2D eigenvalue weighted by Gasteiger charge is -2.15. The Hall–Kier alpha value is -3.81. The predicted molar refractivity (Wildman–Crippen MR) is 148 cm³/mol. The van der Waals surface area contributed by atoms with Gasteiger partial charge in [0.15, 0.2) is 0 Å². The van der Waals surface area contributed by atoms with Crippen LogP contribution in [0.5, 0.6) is 0 Å². The van der Waals surface area contributed by atoms with E-state index in [1.165, 1.54) is 4.90 Å². The molecule has 1 aromatic heterocycles. The molecule has 1 saturated heterocycles. The zero-order valence-corrected chi connectivity index (χ0v) is 21.6. The first-order chi connectivity index (χ1) is 17.9. The summed E-state index contributed by atoms with van der Waals surface area (Å²) in [5, 5.41) is 4.10. The summed E-state index contributed by atoms with van der Waals surface area (Å²) < 4.78 is 1.86. The number of aromatic nitrogens is 1. The van der Waals surface area contributed by atoms with Gasteiger partial charge in [-0.1, -0.05) is 78.3 Å². The van der Waals surface area contributed by atoms with Crippen molar-refractivity contribution in [3.05, 3.63) is 112 Å². The highest BCUT2D eigenvalue weighted by Gasteiger charge is 2.35. The Balaban J connectivity index is 1.37. The van der Waals surface area contributed by atoms with Crippen LogP contribution in [-0.4, -0.2) is 26.5 Å². The van der Waals surface area contributed by atoms with Gasteiger partial charge in [0.25, 0.3) is 11.1 Å². The quantitative estimate of drug-likeness (QED) is 0.281. The van der Waals surface area contributed by atoms with E-state index in [0.717, 1.165) is 33.8 Å². The molecule has 2 heterocycles. The molecule has 1 fully saturated rings. The van der Waals surface area contributed by atoms with Crippen LogP contribution in [0.1, 0.15) is 29.7 Å². The monoisotopic (exact) mass is 529 g/mol. The first-order valence-electron chi connectivity index (χ1n) is 11.8. The number of nitrogens with one attached hydrogen (secondary N) is 1. The molecular weight excluding hydrogens is 506 g/mol. The van der Waals surface area contributed by atoms with E-state index in [1.54, 1.807) is 24.3 Å². The van der Waals surface area contributed by atoms with Crippen LogP contribution in [-0.2, 0) is 22.7 Å². The molecule has 0 spiro atoms. The number of hydrogen-bond donors (Lipinski definition) is 1. The van der Waals surface area contributed by atoms with Crippen LogP contribution in [0.15, 0.2) is 90.0 Å². The number of carbonyl (C=O) groups is 3. The van der Waals surface area contributed by atoms with Gasteiger partial charge < -0.3 is 9.88 Å². The molecule has 5 rings (SSSR count). The minimum Gasteiger partial charge on any atom is -0.348 e. The van der Waals surface area contributed by atoms with E-state index in [2.05, 4.69) is 5.32 Å². The Kier molecular flexibility index (Phi) is 7.17. The Bertz CT molecular complexity index is 1530. The summed E-state index contributed by atoms with van der Waals surface area (Å²) in [5.74, 6) is -0.482. The average molecular weight is 530 g/mol. The first kappa shape index (κ1) is 24.9. The van der Waals surface area contributed by atoms with Crippen LogP contribution in [0.2, 0.25) is 5.02 Å². The lowest BCUT2D eigenvalue weighted by atomic mass is 10.1. The standard InChI is InChI=1S/C29H24ClN3O3S/c1-19(20-9-3-2-4-10-20)31-27(34)18-32-16-22(23-12-6-8-14-25(23)32)15-26-28(35)33(29(36)37-26)17-21-11-5-7-13-24(21)30/h2-16,19H,17-18H2,1H3,(H,31,34)/b26-15-. The van der Waals surface area contributed by atoms with Gasteiger partial charge in [-0.2, -0.15) is 0 Å². The number of benzene rings is 3. The normalized spacial score (nSPS) is 15.5. The van der Waals surface area contributed by atoms with Gasteiger partial charge in [0.2, 0.25) is 5.91 Å². The van der Waals surface area contributed by atoms with Crippen molar-refractivity contribution < 1.29 is 14.4 Å². The fourth-order valence-corrected chi connectivity index (χ4v) is 5.39. The molecule has 0 radical (unpaired) electrons. The molecule has 1 unspecified atom stereocenters. The maximum absolute atomic E-state index is 13.1. The van der Waals surface area contributed by atoms with Crippen LogP contribution in [0.25, 0.3) is 17.0 Å². The second-order valence-corrected chi connectivity index (χ2v) is 10.2. The second-order valence-electron chi connectivity index (χ2n) is 8.79. The molecule has 3 aromatic carbocycles. The number of carbonyl (C=O) groups excluding carboxylic acids is 3. The topological polar surface area (TPSA) is 71.4 Å². The van der Waals surface area contributed by atoms with Crippen LogP contribution in [0, 0.1) is 0 Å². The van der Waals surface area contributed by atoms with E-state index in [0.29, 0.717) is 15.5 Å². The van der Waals surface area contributed by atoms with Crippen molar-refractivity contribution in [3.63, 3.8) is 0 Å². The van der Waals surface area contributed by atoms with Crippen molar-refractivity contribution in [2.24, 2.45) is 0 Å². The molecule has 1 aliphatic heterocycles. The smallest absolute Gasteiger partial charge is 0.293 e. The highest BCUT2D eigenvalue weighted by molar-refractivity contribution is 8.18. The molecular formula is C29H24ClN3O3S. The Morgan fingerprint density at radius 2 is 1.70 bits per heavy atom. The lowest BCUT2D eigenvalue weighted by molar-refractivity contribution is -0.123. The van der Waals surface area contributed by atoms with Gasteiger partial charge in [-0.25, -0.2) is 0 Å². The van der Waals surface area contributed by atoms with Gasteiger partial charge in [0.05, 0.1) is 17.5 Å². The summed E-state index contributed by atoms with van der Waals surface area (Å²) in [6.45, 7) is 2.19. The number of halogens is 1. The van der Waals surface area contributed by atoms with Crippen LogP contribution < -0.4 is 5.32 Å². The average Bonchev–Trinajstić information content (AvgIpc) is 3.37. The van der Waals surface area contributed by atoms with E-state index in [-0.39, 0.29) is 36.2 Å². The molecule has 1 atom stereocenters. The van der Waals surface area contributed by atoms with Gasteiger partial charge in [-0.3, -0.25) is 19.3 Å². The van der Waals surface area contributed by atoms with Crippen molar-refractivity contribution in [1.82, 2.24) is 14.8 Å². The number of thioether (sulfide) groups is 1. The van der Waals surface area contributed by atoms with E-state index >= 15 is 0 Å². The zero-order chi connectivity index (χ0) is 25.9. The first-order valence-corrected chi connectivity index (χ1v) is 13.0. The molecule has 37 heavy (non-hydrogen) atoms. The molecule has 3 amide bonds. The summed E-state index contributed by atoms with van der Waals surface area (Å²) in [4.78, 5) is 40.2. The molecule has 186 valence electrons.